The van der Waals surface area contributed by atoms with Crippen molar-refractivity contribution in [1.82, 2.24) is 10.2 Å². The SMILES string of the molecule is CCNCCN1C(=O)CS[C@@H]1c1ccccc1OC. The van der Waals surface area contributed by atoms with Crippen LogP contribution >= 0.6 is 11.8 Å². The molecule has 1 aromatic carbocycles. The first kappa shape index (κ1) is 14.2. The van der Waals surface area contributed by atoms with Crippen LogP contribution in [0, 0.1) is 0 Å². The minimum Gasteiger partial charge on any atom is -0.496 e. The van der Waals surface area contributed by atoms with Gasteiger partial charge in [0.15, 0.2) is 0 Å². The van der Waals surface area contributed by atoms with Gasteiger partial charge >= 0.3 is 0 Å². The second-order valence-electron chi connectivity index (χ2n) is 4.35. The molecule has 2 rings (SSSR count). The van der Waals surface area contributed by atoms with E-state index in [9.17, 15) is 4.79 Å². The Hall–Kier alpha value is -1.20. The normalized spacial score (nSPS) is 18.9. The number of benzene rings is 1. The highest BCUT2D eigenvalue weighted by molar-refractivity contribution is 8.00. The van der Waals surface area contributed by atoms with Gasteiger partial charge in [-0.05, 0) is 12.6 Å². The molecule has 1 heterocycles. The zero-order chi connectivity index (χ0) is 13.7. The van der Waals surface area contributed by atoms with Crippen molar-refractivity contribution in [3.63, 3.8) is 0 Å². The molecule has 1 saturated heterocycles. The minimum atomic E-state index is 0.0716. The Bertz CT molecular complexity index is 439. The summed E-state index contributed by atoms with van der Waals surface area (Å²) in [6.07, 6.45) is 0. The summed E-state index contributed by atoms with van der Waals surface area (Å²) in [5.41, 5.74) is 1.08. The quantitative estimate of drug-likeness (QED) is 0.808. The lowest BCUT2D eigenvalue weighted by atomic mass is 10.2. The summed E-state index contributed by atoms with van der Waals surface area (Å²) in [4.78, 5) is 13.9. The van der Waals surface area contributed by atoms with E-state index in [1.165, 1.54) is 0 Å². The Balaban J connectivity index is 2.15. The maximum Gasteiger partial charge on any atom is 0.233 e. The summed E-state index contributed by atoms with van der Waals surface area (Å²) < 4.78 is 5.40. The zero-order valence-corrected chi connectivity index (χ0v) is 12.2. The van der Waals surface area contributed by atoms with Gasteiger partial charge in [-0.1, -0.05) is 25.1 Å². The van der Waals surface area contributed by atoms with E-state index in [0.29, 0.717) is 5.75 Å². The van der Waals surface area contributed by atoms with Gasteiger partial charge in [0, 0.05) is 18.7 Å². The van der Waals surface area contributed by atoms with Crippen LogP contribution in [0.25, 0.3) is 0 Å². The molecule has 1 aliphatic heterocycles. The molecule has 4 nitrogen and oxygen atoms in total. The van der Waals surface area contributed by atoms with Crippen molar-refractivity contribution in [2.24, 2.45) is 0 Å². The van der Waals surface area contributed by atoms with Crippen LogP contribution in [-0.4, -0.2) is 43.3 Å². The number of methoxy groups -OCH3 is 1. The molecule has 0 radical (unpaired) electrons. The van der Waals surface area contributed by atoms with Crippen molar-refractivity contribution in [1.29, 1.82) is 0 Å². The van der Waals surface area contributed by atoms with Crippen LogP contribution in [0.3, 0.4) is 0 Å². The van der Waals surface area contributed by atoms with Gasteiger partial charge in [-0.3, -0.25) is 4.79 Å². The number of amides is 1. The number of hydrogen-bond acceptors (Lipinski definition) is 4. The molecule has 104 valence electrons. The summed E-state index contributed by atoms with van der Waals surface area (Å²) in [5.74, 6) is 1.61. The van der Waals surface area contributed by atoms with Crippen LogP contribution in [0.2, 0.25) is 0 Å². The van der Waals surface area contributed by atoms with Crippen molar-refractivity contribution in [2.75, 3.05) is 32.5 Å². The predicted octanol–water partition coefficient (Wildman–Crippen LogP) is 1.88. The molecule has 0 bridgehead atoms. The lowest BCUT2D eigenvalue weighted by Crippen LogP contribution is -2.35. The highest BCUT2D eigenvalue weighted by atomic mass is 32.2. The number of para-hydroxylation sites is 1. The Morgan fingerprint density at radius 1 is 1.47 bits per heavy atom. The third-order valence-electron chi connectivity index (χ3n) is 3.15. The van der Waals surface area contributed by atoms with E-state index in [-0.39, 0.29) is 11.3 Å². The van der Waals surface area contributed by atoms with Gasteiger partial charge < -0.3 is 15.0 Å². The monoisotopic (exact) mass is 280 g/mol. The van der Waals surface area contributed by atoms with Gasteiger partial charge in [-0.15, -0.1) is 11.8 Å². The Labute approximate surface area is 118 Å². The summed E-state index contributed by atoms with van der Waals surface area (Å²) >= 11 is 1.67. The Morgan fingerprint density at radius 3 is 3.00 bits per heavy atom. The zero-order valence-electron chi connectivity index (χ0n) is 11.4. The average molecular weight is 280 g/mol. The molecule has 1 atom stereocenters. The minimum absolute atomic E-state index is 0.0716. The van der Waals surface area contributed by atoms with E-state index in [1.807, 2.05) is 29.2 Å². The molecular weight excluding hydrogens is 260 g/mol. The molecule has 19 heavy (non-hydrogen) atoms. The number of hydrogen-bond donors (Lipinski definition) is 1. The maximum absolute atomic E-state index is 12.0. The third-order valence-corrected chi connectivity index (χ3v) is 4.39. The first-order chi connectivity index (χ1) is 9.27. The lowest BCUT2D eigenvalue weighted by Gasteiger charge is -2.25. The number of ether oxygens (including phenoxy) is 1. The molecule has 0 saturated carbocycles. The Kier molecular flexibility index (Phi) is 5.10. The molecule has 1 fully saturated rings. The molecule has 1 N–H and O–H groups in total. The van der Waals surface area contributed by atoms with E-state index in [2.05, 4.69) is 12.2 Å². The van der Waals surface area contributed by atoms with Crippen LogP contribution in [-0.2, 0) is 4.79 Å². The predicted molar refractivity (Wildman–Crippen MR) is 78.4 cm³/mol. The van der Waals surface area contributed by atoms with Crippen molar-refractivity contribution in [3.8, 4) is 5.75 Å². The third kappa shape index (κ3) is 3.22. The molecule has 5 heteroatoms. The van der Waals surface area contributed by atoms with Gasteiger partial charge in [0.1, 0.15) is 11.1 Å². The molecule has 0 spiro atoms. The van der Waals surface area contributed by atoms with E-state index in [0.717, 1.165) is 30.9 Å². The summed E-state index contributed by atoms with van der Waals surface area (Å²) in [6.45, 7) is 4.56. The summed E-state index contributed by atoms with van der Waals surface area (Å²) in [5, 5.41) is 3.33. The number of rotatable bonds is 6. The molecule has 1 amide bonds. The number of carbonyl (C=O) groups excluding carboxylic acids is 1. The van der Waals surface area contributed by atoms with Crippen LogP contribution in [0.1, 0.15) is 17.9 Å². The Morgan fingerprint density at radius 2 is 2.26 bits per heavy atom. The van der Waals surface area contributed by atoms with Crippen LogP contribution in [0.15, 0.2) is 24.3 Å². The fourth-order valence-electron chi connectivity index (χ4n) is 2.20. The van der Waals surface area contributed by atoms with Gasteiger partial charge in [0.05, 0.1) is 12.9 Å². The highest BCUT2D eigenvalue weighted by Gasteiger charge is 2.33. The van der Waals surface area contributed by atoms with E-state index in [1.54, 1.807) is 18.9 Å². The standard InChI is InChI=1S/C14H20N2O2S/c1-3-15-8-9-16-13(17)10-19-14(16)11-6-4-5-7-12(11)18-2/h4-7,14-15H,3,8-10H2,1-2H3/t14-/m1/s1. The summed E-state index contributed by atoms with van der Waals surface area (Å²) in [6, 6.07) is 7.92. The second kappa shape index (κ2) is 6.82. The summed E-state index contributed by atoms with van der Waals surface area (Å²) in [7, 11) is 1.67. The second-order valence-corrected chi connectivity index (χ2v) is 5.41. The molecule has 1 aromatic rings. The number of carbonyl (C=O) groups is 1. The first-order valence-corrected chi connectivity index (χ1v) is 7.57. The maximum atomic E-state index is 12.0. The van der Waals surface area contributed by atoms with Crippen molar-refractivity contribution < 1.29 is 9.53 Å². The van der Waals surface area contributed by atoms with Gasteiger partial charge in [-0.2, -0.15) is 0 Å². The van der Waals surface area contributed by atoms with Crippen LogP contribution < -0.4 is 10.1 Å². The molecule has 1 aliphatic rings. The van der Waals surface area contributed by atoms with E-state index in [4.69, 9.17) is 4.74 Å². The topological polar surface area (TPSA) is 41.6 Å². The van der Waals surface area contributed by atoms with Crippen molar-refractivity contribution in [2.45, 2.75) is 12.3 Å². The largest absolute Gasteiger partial charge is 0.496 e. The molecular formula is C14H20N2O2S. The number of likely N-dealkylation sites (N-methyl/N-ethyl adjacent to an activating group) is 1. The van der Waals surface area contributed by atoms with Crippen LogP contribution in [0.4, 0.5) is 0 Å². The van der Waals surface area contributed by atoms with E-state index >= 15 is 0 Å². The molecule has 0 aromatic heterocycles. The van der Waals surface area contributed by atoms with Crippen molar-refractivity contribution in [3.05, 3.63) is 29.8 Å². The number of nitrogens with one attached hydrogen (secondary N) is 1. The smallest absolute Gasteiger partial charge is 0.233 e. The van der Waals surface area contributed by atoms with Gasteiger partial charge in [0.25, 0.3) is 0 Å². The van der Waals surface area contributed by atoms with Crippen LogP contribution in [0.5, 0.6) is 5.75 Å². The number of nitrogens with zero attached hydrogens (tertiary/aromatic N) is 1. The fourth-order valence-corrected chi connectivity index (χ4v) is 3.44. The number of thioether (sulfide) groups is 1. The lowest BCUT2D eigenvalue weighted by molar-refractivity contribution is -0.128. The average Bonchev–Trinajstić information content (AvgIpc) is 2.80. The van der Waals surface area contributed by atoms with Gasteiger partial charge in [-0.25, -0.2) is 0 Å². The van der Waals surface area contributed by atoms with Crippen molar-refractivity contribution >= 4 is 17.7 Å². The fraction of sp³-hybridized carbons (Fsp3) is 0.500. The van der Waals surface area contributed by atoms with E-state index < -0.39 is 0 Å². The first-order valence-electron chi connectivity index (χ1n) is 6.52. The highest BCUT2D eigenvalue weighted by Crippen LogP contribution is 2.41. The van der Waals surface area contributed by atoms with Gasteiger partial charge in [0.2, 0.25) is 5.91 Å². The molecule has 0 unspecified atom stereocenters. The molecule has 0 aliphatic carbocycles.